The maximum atomic E-state index is 12.9. The summed E-state index contributed by atoms with van der Waals surface area (Å²) in [4.78, 5) is 21.5. The van der Waals surface area contributed by atoms with E-state index in [1.54, 1.807) is 6.07 Å². The van der Waals surface area contributed by atoms with Gasteiger partial charge in [0, 0.05) is 24.7 Å². The first kappa shape index (κ1) is 19.5. The molecule has 0 unspecified atom stereocenters. The van der Waals surface area contributed by atoms with Gasteiger partial charge in [-0.15, -0.1) is 0 Å². The van der Waals surface area contributed by atoms with Gasteiger partial charge in [-0.05, 0) is 49.1 Å². The number of hydrogen-bond donors (Lipinski definition) is 1. The van der Waals surface area contributed by atoms with Crippen molar-refractivity contribution in [1.29, 1.82) is 0 Å². The van der Waals surface area contributed by atoms with E-state index in [-0.39, 0.29) is 11.8 Å². The molecule has 3 heterocycles. The third kappa shape index (κ3) is 4.13. The number of hydrogen-bond acceptors (Lipinski definition) is 2. The molecule has 4 rings (SSSR count). The Hall–Kier alpha value is -2.83. The quantitative estimate of drug-likeness (QED) is 0.683. The van der Waals surface area contributed by atoms with Crippen molar-refractivity contribution in [2.45, 2.75) is 38.3 Å². The van der Waals surface area contributed by atoms with Crippen LogP contribution in [0.5, 0.6) is 0 Å². The van der Waals surface area contributed by atoms with E-state index in [0.29, 0.717) is 30.5 Å². The molecule has 1 aliphatic rings. The summed E-state index contributed by atoms with van der Waals surface area (Å²) in [5.74, 6) is 0.298. The number of carbonyl (C=O) groups excluding carboxylic acids is 1. The van der Waals surface area contributed by atoms with Crippen LogP contribution in [0.15, 0.2) is 42.5 Å². The van der Waals surface area contributed by atoms with E-state index in [0.717, 1.165) is 35.7 Å². The van der Waals surface area contributed by atoms with Crippen LogP contribution in [-0.4, -0.2) is 33.9 Å². The molecular formula is C22H22F3N3O. The van der Waals surface area contributed by atoms with Gasteiger partial charge in [-0.2, -0.15) is 13.2 Å². The molecule has 1 aromatic carbocycles. The first-order valence-corrected chi connectivity index (χ1v) is 9.70. The number of amides is 1. The third-order valence-electron chi connectivity index (χ3n) is 5.68. The summed E-state index contributed by atoms with van der Waals surface area (Å²) in [5.41, 5.74) is 3.09. The van der Waals surface area contributed by atoms with E-state index >= 15 is 0 Å². The van der Waals surface area contributed by atoms with Crippen LogP contribution < -0.4 is 0 Å². The number of carbonyl (C=O) groups is 1. The van der Waals surface area contributed by atoms with Gasteiger partial charge in [0.1, 0.15) is 5.69 Å². The normalized spacial score (nSPS) is 15.8. The van der Waals surface area contributed by atoms with Crippen LogP contribution in [0.2, 0.25) is 0 Å². The van der Waals surface area contributed by atoms with Gasteiger partial charge in [-0.1, -0.05) is 24.3 Å². The van der Waals surface area contributed by atoms with Crippen LogP contribution in [0.1, 0.15) is 41.3 Å². The number of aromatic nitrogens is 2. The molecule has 29 heavy (non-hydrogen) atoms. The number of halogens is 3. The highest BCUT2D eigenvalue weighted by molar-refractivity contribution is 5.79. The van der Waals surface area contributed by atoms with Gasteiger partial charge in [0.15, 0.2) is 0 Å². The maximum Gasteiger partial charge on any atom is 0.433 e. The van der Waals surface area contributed by atoms with E-state index < -0.39 is 11.9 Å². The highest BCUT2D eigenvalue weighted by atomic mass is 19.4. The van der Waals surface area contributed by atoms with Crippen LogP contribution in [0.4, 0.5) is 13.2 Å². The van der Waals surface area contributed by atoms with Gasteiger partial charge in [-0.3, -0.25) is 4.79 Å². The molecule has 0 radical (unpaired) electrons. The predicted octanol–water partition coefficient (Wildman–Crippen LogP) is 4.84. The van der Waals surface area contributed by atoms with Gasteiger partial charge < -0.3 is 9.88 Å². The Morgan fingerprint density at radius 2 is 1.90 bits per heavy atom. The maximum absolute atomic E-state index is 12.9. The second kappa shape index (κ2) is 7.54. The summed E-state index contributed by atoms with van der Waals surface area (Å²) in [7, 11) is 0. The van der Waals surface area contributed by atoms with Crippen molar-refractivity contribution in [3.8, 4) is 0 Å². The highest BCUT2D eigenvalue weighted by Gasteiger charge is 2.33. The number of fused-ring (bicyclic) bond motifs is 1. The van der Waals surface area contributed by atoms with Crippen molar-refractivity contribution in [2.24, 2.45) is 0 Å². The molecule has 152 valence electrons. The van der Waals surface area contributed by atoms with E-state index in [1.165, 1.54) is 6.07 Å². The monoisotopic (exact) mass is 401 g/mol. The largest absolute Gasteiger partial charge is 0.433 e. The van der Waals surface area contributed by atoms with Gasteiger partial charge in [0.2, 0.25) is 5.91 Å². The lowest BCUT2D eigenvalue weighted by Gasteiger charge is -2.32. The van der Waals surface area contributed by atoms with Crippen molar-refractivity contribution in [1.82, 2.24) is 14.9 Å². The lowest BCUT2D eigenvalue weighted by atomic mass is 9.93. The Balaban J connectivity index is 1.41. The number of aromatic amines is 1. The summed E-state index contributed by atoms with van der Waals surface area (Å²) < 4.78 is 38.6. The molecule has 7 heteroatoms. The molecular weight excluding hydrogens is 379 g/mol. The fourth-order valence-corrected chi connectivity index (χ4v) is 3.93. The Morgan fingerprint density at radius 1 is 1.17 bits per heavy atom. The molecule has 0 aliphatic carbocycles. The average Bonchev–Trinajstić information content (AvgIpc) is 3.12. The van der Waals surface area contributed by atoms with E-state index in [4.69, 9.17) is 0 Å². The van der Waals surface area contributed by atoms with Crippen LogP contribution >= 0.6 is 0 Å². The molecule has 0 bridgehead atoms. The summed E-state index contributed by atoms with van der Waals surface area (Å²) in [6, 6.07) is 12.0. The number of aryl methyl sites for hydroxylation is 1. The second-order valence-corrected chi connectivity index (χ2v) is 7.61. The molecule has 1 fully saturated rings. The van der Waals surface area contributed by atoms with E-state index in [1.807, 2.05) is 36.1 Å². The Bertz CT molecular complexity index is 1030. The SMILES string of the molecule is Cc1ccccc1CC(=O)N1CCC(c2cc3nc(C(F)(F)F)ccc3[nH]2)CC1. The minimum absolute atomic E-state index is 0.117. The Kier molecular flexibility index (Phi) is 5.06. The molecule has 3 aromatic rings. The van der Waals surface area contributed by atoms with Crippen molar-refractivity contribution < 1.29 is 18.0 Å². The molecule has 0 spiro atoms. The fourth-order valence-electron chi connectivity index (χ4n) is 3.93. The minimum Gasteiger partial charge on any atom is -0.357 e. The topological polar surface area (TPSA) is 49.0 Å². The van der Waals surface area contributed by atoms with E-state index in [2.05, 4.69) is 9.97 Å². The first-order valence-electron chi connectivity index (χ1n) is 9.70. The molecule has 1 aliphatic heterocycles. The lowest BCUT2D eigenvalue weighted by Crippen LogP contribution is -2.38. The summed E-state index contributed by atoms with van der Waals surface area (Å²) in [6.07, 6.45) is -2.50. The molecule has 1 saturated heterocycles. The average molecular weight is 401 g/mol. The molecule has 0 saturated carbocycles. The first-order chi connectivity index (χ1) is 13.8. The van der Waals surface area contributed by atoms with Crippen molar-refractivity contribution in [3.05, 3.63) is 65.0 Å². The summed E-state index contributed by atoms with van der Waals surface area (Å²) in [6.45, 7) is 3.29. The minimum atomic E-state index is -4.45. The standard InChI is InChI=1S/C22H22F3N3O/c1-14-4-2-3-5-16(14)12-21(29)28-10-8-15(9-11-28)18-13-19-17(26-18)6-7-20(27-19)22(23,24)25/h2-7,13,15,26H,8-12H2,1H3. The van der Waals surface area contributed by atoms with Crippen molar-refractivity contribution in [3.63, 3.8) is 0 Å². The number of piperidine rings is 1. The molecule has 2 aromatic heterocycles. The van der Waals surface area contributed by atoms with E-state index in [9.17, 15) is 18.0 Å². The molecule has 4 nitrogen and oxygen atoms in total. The fraction of sp³-hybridized carbons (Fsp3) is 0.364. The zero-order chi connectivity index (χ0) is 20.6. The smallest absolute Gasteiger partial charge is 0.357 e. The lowest BCUT2D eigenvalue weighted by molar-refractivity contribution is -0.141. The Labute approximate surface area is 166 Å². The number of benzene rings is 1. The number of nitrogens with one attached hydrogen (secondary N) is 1. The van der Waals surface area contributed by atoms with Gasteiger partial charge in [0.05, 0.1) is 17.5 Å². The van der Waals surface area contributed by atoms with Gasteiger partial charge in [0.25, 0.3) is 0 Å². The molecule has 0 atom stereocenters. The van der Waals surface area contributed by atoms with Gasteiger partial charge >= 0.3 is 6.18 Å². The molecule has 1 amide bonds. The van der Waals surface area contributed by atoms with Crippen LogP contribution in [0.25, 0.3) is 11.0 Å². The van der Waals surface area contributed by atoms with Crippen molar-refractivity contribution in [2.75, 3.05) is 13.1 Å². The summed E-state index contributed by atoms with van der Waals surface area (Å²) >= 11 is 0. The number of H-pyrrole nitrogens is 1. The molecule has 1 N–H and O–H groups in total. The zero-order valence-electron chi connectivity index (χ0n) is 16.1. The number of rotatable bonds is 3. The number of likely N-dealkylation sites (tertiary alicyclic amines) is 1. The third-order valence-corrected chi connectivity index (χ3v) is 5.68. The van der Waals surface area contributed by atoms with Crippen LogP contribution in [0, 0.1) is 6.92 Å². The van der Waals surface area contributed by atoms with Crippen LogP contribution in [0.3, 0.4) is 0 Å². The number of alkyl halides is 3. The zero-order valence-corrected chi connectivity index (χ0v) is 16.1. The van der Waals surface area contributed by atoms with Crippen LogP contribution in [-0.2, 0) is 17.4 Å². The number of pyridine rings is 1. The van der Waals surface area contributed by atoms with Gasteiger partial charge in [-0.25, -0.2) is 4.98 Å². The highest BCUT2D eigenvalue weighted by Crippen LogP contribution is 2.32. The summed E-state index contributed by atoms with van der Waals surface area (Å²) in [5, 5.41) is 0. The Morgan fingerprint density at radius 3 is 2.59 bits per heavy atom. The second-order valence-electron chi connectivity index (χ2n) is 7.61. The number of nitrogens with zero attached hydrogens (tertiary/aromatic N) is 2. The van der Waals surface area contributed by atoms with Crippen molar-refractivity contribution >= 4 is 16.9 Å². The predicted molar refractivity (Wildman–Crippen MR) is 105 cm³/mol.